The lowest BCUT2D eigenvalue weighted by Gasteiger charge is -2.55. The first-order chi connectivity index (χ1) is 9.42. The Kier molecular flexibility index (Phi) is 3.07. The lowest BCUT2D eigenvalue weighted by molar-refractivity contribution is -0.0410. The molecule has 1 unspecified atom stereocenters. The number of carbonyl (C=O) groups excluding carboxylic acids is 1. The van der Waals surface area contributed by atoms with Crippen LogP contribution in [-0.4, -0.2) is 33.4 Å². The van der Waals surface area contributed by atoms with Crippen molar-refractivity contribution in [1.29, 1.82) is 0 Å². The Morgan fingerprint density at radius 3 is 2.65 bits per heavy atom. The van der Waals surface area contributed by atoms with E-state index in [1.165, 1.54) is 19.2 Å². The third-order valence-corrected chi connectivity index (χ3v) is 4.56. The minimum atomic E-state index is 0.116. The highest BCUT2D eigenvalue weighted by Gasteiger charge is 2.54. The van der Waals surface area contributed by atoms with Gasteiger partial charge >= 0.3 is 0 Å². The van der Waals surface area contributed by atoms with E-state index in [1.54, 1.807) is 6.20 Å². The summed E-state index contributed by atoms with van der Waals surface area (Å²) >= 11 is 0. The smallest absolute Gasteiger partial charge is 0.257 e. The Hall–Kier alpha value is -1.45. The summed E-state index contributed by atoms with van der Waals surface area (Å²) in [5.41, 5.74) is 1.80. The van der Waals surface area contributed by atoms with Gasteiger partial charge in [0.15, 0.2) is 0 Å². The first-order valence-corrected chi connectivity index (χ1v) is 7.52. The molecule has 1 aliphatic carbocycles. The van der Waals surface area contributed by atoms with E-state index in [2.05, 4.69) is 37.7 Å². The highest BCUT2D eigenvalue weighted by Crippen LogP contribution is 2.50. The van der Waals surface area contributed by atoms with Crippen molar-refractivity contribution in [2.45, 2.75) is 52.5 Å². The summed E-state index contributed by atoms with van der Waals surface area (Å²) in [5.74, 6) is 1.06. The molecule has 0 radical (unpaired) electrons. The van der Waals surface area contributed by atoms with Crippen LogP contribution in [0.4, 0.5) is 0 Å². The maximum atomic E-state index is 12.8. The van der Waals surface area contributed by atoms with Gasteiger partial charge in [0.1, 0.15) is 6.33 Å². The topological polar surface area (TPSA) is 46.1 Å². The molecule has 1 saturated heterocycles. The molecule has 2 heterocycles. The second-order valence-electron chi connectivity index (χ2n) is 7.18. The molecule has 0 N–H and O–H groups in total. The third kappa shape index (κ3) is 2.11. The van der Waals surface area contributed by atoms with Gasteiger partial charge in [-0.2, -0.15) is 0 Å². The maximum absolute atomic E-state index is 12.8. The van der Waals surface area contributed by atoms with Gasteiger partial charge in [-0.3, -0.25) is 4.79 Å². The van der Waals surface area contributed by atoms with Crippen LogP contribution in [-0.2, 0) is 0 Å². The summed E-state index contributed by atoms with van der Waals surface area (Å²) in [5, 5.41) is 0. The van der Waals surface area contributed by atoms with Crippen LogP contribution in [0.25, 0.3) is 0 Å². The molecule has 20 heavy (non-hydrogen) atoms. The molecule has 108 valence electrons. The molecular weight excluding hydrogens is 250 g/mol. The van der Waals surface area contributed by atoms with Gasteiger partial charge in [-0.15, -0.1) is 0 Å². The average molecular weight is 273 g/mol. The fourth-order valence-electron chi connectivity index (χ4n) is 3.56. The minimum Gasteiger partial charge on any atom is -0.334 e. The molecule has 4 heteroatoms. The fraction of sp³-hybridized carbons (Fsp3) is 0.688. The van der Waals surface area contributed by atoms with E-state index in [0.717, 1.165) is 12.2 Å². The van der Waals surface area contributed by atoms with Gasteiger partial charge in [-0.05, 0) is 24.7 Å². The molecule has 1 amide bonds. The fourth-order valence-corrected chi connectivity index (χ4v) is 3.56. The van der Waals surface area contributed by atoms with Gasteiger partial charge in [0.25, 0.3) is 5.91 Å². The van der Waals surface area contributed by atoms with Crippen LogP contribution in [0.3, 0.4) is 0 Å². The molecule has 0 bridgehead atoms. The Morgan fingerprint density at radius 2 is 2.10 bits per heavy atom. The first kappa shape index (κ1) is 13.5. The number of aromatic nitrogens is 2. The number of likely N-dealkylation sites (tertiary alicyclic amines) is 1. The van der Waals surface area contributed by atoms with Crippen LogP contribution in [0.2, 0.25) is 0 Å². The molecule has 1 aromatic heterocycles. The van der Waals surface area contributed by atoms with Crippen molar-refractivity contribution in [2.75, 3.05) is 6.54 Å². The van der Waals surface area contributed by atoms with Gasteiger partial charge in [0.2, 0.25) is 0 Å². The predicted octanol–water partition coefficient (Wildman–Crippen LogP) is 2.86. The molecule has 1 saturated carbocycles. The Labute approximate surface area is 120 Å². The van der Waals surface area contributed by atoms with E-state index in [4.69, 9.17) is 0 Å². The number of hydrogen-bond acceptors (Lipinski definition) is 3. The quantitative estimate of drug-likeness (QED) is 0.850. The van der Waals surface area contributed by atoms with E-state index >= 15 is 0 Å². The second kappa shape index (κ2) is 4.54. The normalized spacial score (nSPS) is 24.6. The zero-order valence-electron chi connectivity index (χ0n) is 12.8. The number of carbonyl (C=O) groups is 1. The molecule has 0 spiro atoms. The van der Waals surface area contributed by atoms with Gasteiger partial charge in [-0.1, -0.05) is 27.7 Å². The summed E-state index contributed by atoms with van der Waals surface area (Å²) in [6, 6.07) is 0.398. The van der Waals surface area contributed by atoms with Gasteiger partial charge in [0.05, 0.1) is 11.3 Å². The number of amides is 1. The van der Waals surface area contributed by atoms with E-state index in [-0.39, 0.29) is 17.2 Å². The average Bonchev–Trinajstić information content (AvgIpc) is 3.19. The molecule has 1 aliphatic heterocycles. The molecule has 3 rings (SSSR count). The lowest BCUT2D eigenvalue weighted by atomic mass is 9.72. The summed E-state index contributed by atoms with van der Waals surface area (Å²) in [7, 11) is 0. The Bertz CT molecular complexity index is 534. The standard InChI is InChI=1S/C16H23N3O/c1-10(2)13-12(7-17-9-18-13)15(20)19-8-16(3,4)14(19)11-5-6-11/h7,9-11,14H,5-6,8H2,1-4H3. The van der Waals surface area contributed by atoms with Crippen molar-refractivity contribution in [2.24, 2.45) is 11.3 Å². The zero-order valence-corrected chi connectivity index (χ0v) is 12.8. The highest BCUT2D eigenvalue weighted by atomic mass is 16.2. The van der Waals surface area contributed by atoms with Crippen molar-refractivity contribution >= 4 is 5.91 Å². The van der Waals surface area contributed by atoms with Crippen molar-refractivity contribution in [1.82, 2.24) is 14.9 Å². The maximum Gasteiger partial charge on any atom is 0.257 e. The lowest BCUT2D eigenvalue weighted by Crippen LogP contribution is -2.64. The number of rotatable bonds is 3. The van der Waals surface area contributed by atoms with Gasteiger partial charge < -0.3 is 4.90 Å². The highest BCUT2D eigenvalue weighted by molar-refractivity contribution is 5.96. The van der Waals surface area contributed by atoms with Crippen molar-refractivity contribution in [3.8, 4) is 0 Å². The first-order valence-electron chi connectivity index (χ1n) is 7.52. The van der Waals surface area contributed by atoms with Crippen LogP contribution in [0.15, 0.2) is 12.5 Å². The van der Waals surface area contributed by atoms with E-state index in [0.29, 0.717) is 17.5 Å². The predicted molar refractivity (Wildman–Crippen MR) is 77.5 cm³/mol. The molecule has 0 aromatic carbocycles. The minimum absolute atomic E-state index is 0.116. The third-order valence-electron chi connectivity index (χ3n) is 4.56. The summed E-state index contributed by atoms with van der Waals surface area (Å²) in [4.78, 5) is 23.2. The van der Waals surface area contributed by atoms with Gasteiger partial charge in [0, 0.05) is 24.2 Å². The second-order valence-corrected chi connectivity index (χ2v) is 7.18. The van der Waals surface area contributed by atoms with E-state index in [1.807, 2.05) is 4.90 Å². The number of hydrogen-bond donors (Lipinski definition) is 0. The SMILES string of the molecule is CC(C)c1ncncc1C(=O)N1CC(C)(C)C1C1CC1. The zero-order chi connectivity index (χ0) is 14.5. The molecule has 2 fully saturated rings. The van der Waals surface area contributed by atoms with Crippen LogP contribution < -0.4 is 0 Å². The summed E-state index contributed by atoms with van der Waals surface area (Å²) in [6.07, 6.45) is 5.74. The largest absolute Gasteiger partial charge is 0.334 e. The van der Waals surface area contributed by atoms with E-state index in [9.17, 15) is 4.79 Å². The molecule has 4 nitrogen and oxygen atoms in total. The Balaban J connectivity index is 1.87. The van der Waals surface area contributed by atoms with E-state index < -0.39 is 0 Å². The molecule has 2 aliphatic rings. The van der Waals surface area contributed by atoms with Crippen molar-refractivity contribution in [3.63, 3.8) is 0 Å². The van der Waals surface area contributed by atoms with Gasteiger partial charge in [-0.25, -0.2) is 9.97 Å². The molecule has 1 aromatic rings. The Morgan fingerprint density at radius 1 is 1.40 bits per heavy atom. The van der Waals surface area contributed by atoms with Crippen LogP contribution in [0.1, 0.15) is 62.5 Å². The molecular formula is C16H23N3O. The van der Waals surface area contributed by atoms with Crippen molar-refractivity contribution in [3.05, 3.63) is 23.8 Å². The van der Waals surface area contributed by atoms with Crippen molar-refractivity contribution < 1.29 is 4.79 Å². The summed E-state index contributed by atoms with van der Waals surface area (Å²) < 4.78 is 0. The number of nitrogens with zero attached hydrogens (tertiary/aromatic N) is 3. The molecule has 1 atom stereocenters. The monoisotopic (exact) mass is 273 g/mol. The van der Waals surface area contributed by atoms with Crippen LogP contribution in [0, 0.1) is 11.3 Å². The van der Waals surface area contributed by atoms with Crippen LogP contribution in [0.5, 0.6) is 0 Å². The van der Waals surface area contributed by atoms with Crippen LogP contribution >= 0.6 is 0 Å². The summed E-state index contributed by atoms with van der Waals surface area (Å²) in [6.45, 7) is 9.52.